The van der Waals surface area contributed by atoms with Crippen molar-refractivity contribution in [1.82, 2.24) is 0 Å². The molecule has 0 fully saturated rings. The van der Waals surface area contributed by atoms with Crippen LogP contribution in [0.1, 0.15) is 20.3 Å². The Labute approximate surface area is 49.9 Å². The lowest BCUT2D eigenvalue weighted by Gasteiger charge is -1.91. The van der Waals surface area contributed by atoms with Gasteiger partial charge < -0.3 is 11.1 Å². The second kappa shape index (κ2) is 3.24. The van der Waals surface area contributed by atoms with Gasteiger partial charge in [0.05, 0.1) is 0 Å². The van der Waals surface area contributed by atoms with Crippen LogP contribution in [0.25, 0.3) is 0 Å². The van der Waals surface area contributed by atoms with Crippen LogP contribution in [-0.4, -0.2) is 5.71 Å². The summed E-state index contributed by atoms with van der Waals surface area (Å²) in [5.74, 6) is 0. The number of nitrogens with two attached hydrogens (primary N) is 1. The maximum atomic E-state index is 6.97. The average Bonchev–Trinajstić information content (AvgIpc) is 1.65. The second-order valence-corrected chi connectivity index (χ2v) is 1.76. The lowest BCUT2D eigenvalue weighted by Crippen LogP contribution is -1.97. The molecule has 0 aliphatic rings. The largest absolute Gasteiger partial charge is 0.402 e. The van der Waals surface area contributed by atoms with E-state index in [-0.39, 0.29) is 0 Å². The van der Waals surface area contributed by atoms with Gasteiger partial charge >= 0.3 is 0 Å². The molecule has 0 spiro atoms. The van der Waals surface area contributed by atoms with E-state index in [1.165, 1.54) is 0 Å². The summed E-state index contributed by atoms with van der Waals surface area (Å²) >= 11 is 0. The molecule has 0 atom stereocenters. The first-order valence-electron chi connectivity index (χ1n) is 2.68. The molecule has 0 unspecified atom stereocenters. The van der Waals surface area contributed by atoms with Gasteiger partial charge in [0.2, 0.25) is 0 Å². The van der Waals surface area contributed by atoms with Crippen molar-refractivity contribution >= 4 is 5.71 Å². The van der Waals surface area contributed by atoms with E-state index in [4.69, 9.17) is 11.1 Å². The normalized spacial score (nSPS) is 11.5. The molecule has 0 saturated carbocycles. The zero-order valence-electron chi connectivity index (χ0n) is 5.36. The number of nitrogens with one attached hydrogen (secondary N) is 1. The number of rotatable bonds is 2. The molecule has 2 nitrogen and oxygen atoms in total. The minimum Gasteiger partial charge on any atom is -0.402 e. The van der Waals surface area contributed by atoms with Gasteiger partial charge in [0, 0.05) is 11.4 Å². The van der Waals surface area contributed by atoms with Gasteiger partial charge in [0.15, 0.2) is 0 Å². The lowest BCUT2D eigenvalue weighted by molar-refractivity contribution is 1.07. The molecule has 0 rings (SSSR count). The first-order valence-corrected chi connectivity index (χ1v) is 2.68. The van der Waals surface area contributed by atoms with Gasteiger partial charge in [0.25, 0.3) is 0 Å². The van der Waals surface area contributed by atoms with E-state index < -0.39 is 0 Å². The van der Waals surface area contributed by atoms with Crippen molar-refractivity contribution in [1.29, 1.82) is 5.41 Å². The van der Waals surface area contributed by atoms with Gasteiger partial charge in [-0.1, -0.05) is 6.92 Å². The van der Waals surface area contributed by atoms with E-state index >= 15 is 0 Å². The predicted octanol–water partition coefficient (Wildman–Crippen LogP) is 1.28. The quantitative estimate of drug-likeness (QED) is 0.519. The molecule has 0 aromatic carbocycles. The molecule has 0 amide bonds. The van der Waals surface area contributed by atoms with Crippen molar-refractivity contribution in [2.24, 2.45) is 5.73 Å². The maximum Gasteiger partial charge on any atom is 0.0300 e. The van der Waals surface area contributed by atoms with E-state index in [2.05, 4.69) is 0 Å². The summed E-state index contributed by atoms with van der Waals surface area (Å²) in [7, 11) is 0. The van der Waals surface area contributed by atoms with Gasteiger partial charge in [-0.3, -0.25) is 0 Å². The molecule has 3 N–H and O–H groups in total. The van der Waals surface area contributed by atoms with Crippen LogP contribution in [0.2, 0.25) is 0 Å². The molecule has 8 heavy (non-hydrogen) atoms. The van der Waals surface area contributed by atoms with Gasteiger partial charge in [-0.25, -0.2) is 0 Å². The van der Waals surface area contributed by atoms with Gasteiger partial charge in [-0.2, -0.15) is 0 Å². The van der Waals surface area contributed by atoms with E-state index in [1.807, 2.05) is 6.92 Å². The van der Waals surface area contributed by atoms with E-state index in [1.54, 1.807) is 13.0 Å². The van der Waals surface area contributed by atoms with Crippen molar-refractivity contribution in [3.8, 4) is 0 Å². The molecule has 0 aliphatic carbocycles. The van der Waals surface area contributed by atoms with Crippen LogP contribution < -0.4 is 5.73 Å². The summed E-state index contributed by atoms with van der Waals surface area (Å²) in [4.78, 5) is 0. The molecule has 0 radical (unpaired) electrons. The first kappa shape index (κ1) is 7.21. The minimum atomic E-state index is 0.518. The molecule has 0 bridgehead atoms. The van der Waals surface area contributed by atoms with Crippen LogP contribution in [0.15, 0.2) is 11.8 Å². The summed E-state index contributed by atoms with van der Waals surface area (Å²) < 4.78 is 0. The first-order chi connectivity index (χ1) is 3.66. The fourth-order valence-corrected chi connectivity index (χ4v) is 0.380. The van der Waals surface area contributed by atoms with E-state index in [0.717, 1.165) is 12.1 Å². The van der Waals surface area contributed by atoms with E-state index in [0.29, 0.717) is 5.71 Å². The highest BCUT2D eigenvalue weighted by molar-refractivity contribution is 5.90. The molecule has 0 heterocycles. The zero-order valence-corrected chi connectivity index (χ0v) is 5.36. The van der Waals surface area contributed by atoms with Gasteiger partial charge in [0.1, 0.15) is 0 Å². The smallest absolute Gasteiger partial charge is 0.0300 e. The molecular weight excluding hydrogens is 100 g/mol. The topological polar surface area (TPSA) is 49.9 Å². The fourth-order valence-electron chi connectivity index (χ4n) is 0.380. The Hall–Kier alpha value is -0.790. The number of allylic oxidation sites excluding steroid dienone is 2. The highest BCUT2D eigenvalue weighted by Crippen LogP contribution is 1.88. The Balaban J connectivity index is 3.75. The van der Waals surface area contributed by atoms with Gasteiger partial charge in [-0.05, 0) is 19.4 Å². The van der Waals surface area contributed by atoms with Crippen LogP contribution in [-0.2, 0) is 0 Å². The van der Waals surface area contributed by atoms with Crippen LogP contribution in [0.3, 0.4) is 0 Å². The average molecular weight is 112 g/mol. The van der Waals surface area contributed by atoms with Crippen molar-refractivity contribution in [3.05, 3.63) is 11.8 Å². The van der Waals surface area contributed by atoms with Crippen molar-refractivity contribution in [2.75, 3.05) is 0 Å². The zero-order chi connectivity index (χ0) is 6.57. The summed E-state index contributed by atoms with van der Waals surface area (Å²) in [6.07, 6.45) is 2.50. The van der Waals surface area contributed by atoms with Crippen molar-refractivity contribution < 1.29 is 0 Å². The third kappa shape index (κ3) is 3.40. The fraction of sp³-hybridized carbons (Fsp3) is 0.500. The predicted molar refractivity (Wildman–Crippen MR) is 36.0 cm³/mol. The molecule has 0 aliphatic heterocycles. The lowest BCUT2D eigenvalue weighted by atomic mass is 10.3. The standard InChI is InChI=1S/C6H12N2/c1-3-6(8)4-5(2)7/h4,7H,3,8H2,1-2H3/b6-4-,7-5?. The Kier molecular flexibility index (Phi) is 2.92. The van der Waals surface area contributed by atoms with Crippen LogP contribution in [0.5, 0.6) is 0 Å². The second-order valence-electron chi connectivity index (χ2n) is 1.76. The van der Waals surface area contributed by atoms with Crippen molar-refractivity contribution in [3.63, 3.8) is 0 Å². The Morgan fingerprint density at radius 3 is 2.38 bits per heavy atom. The third-order valence-electron chi connectivity index (χ3n) is 0.810. The summed E-state index contributed by atoms with van der Waals surface area (Å²) in [5.41, 5.74) is 6.69. The SMILES string of the molecule is CC/C(N)=C/C(C)=N. The highest BCUT2D eigenvalue weighted by atomic mass is 14.6. The monoisotopic (exact) mass is 112 g/mol. The van der Waals surface area contributed by atoms with Gasteiger partial charge in [-0.15, -0.1) is 0 Å². The molecule has 0 aromatic rings. The molecular formula is C6H12N2. The van der Waals surface area contributed by atoms with E-state index in [9.17, 15) is 0 Å². The Bertz CT molecular complexity index is 114. The minimum absolute atomic E-state index is 0.518. The maximum absolute atomic E-state index is 6.97. The third-order valence-corrected chi connectivity index (χ3v) is 0.810. The molecule has 0 saturated heterocycles. The molecule has 2 heteroatoms. The summed E-state index contributed by atoms with van der Waals surface area (Å²) in [5, 5.41) is 6.97. The number of hydrogen-bond donors (Lipinski definition) is 2. The summed E-state index contributed by atoms with van der Waals surface area (Å²) in [6.45, 7) is 3.68. The molecule has 46 valence electrons. The Morgan fingerprint density at radius 1 is 1.75 bits per heavy atom. The highest BCUT2D eigenvalue weighted by Gasteiger charge is 1.82. The van der Waals surface area contributed by atoms with Crippen molar-refractivity contribution in [2.45, 2.75) is 20.3 Å². The molecule has 0 aromatic heterocycles. The number of hydrogen-bond acceptors (Lipinski definition) is 2. The Morgan fingerprint density at radius 2 is 2.25 bits per heavy atom. The summed E-state index contributed by atoms with van der Waals surface area (Å²) in [6, 6.07) is 0. The van der Waals surface area contributed by atoms with Crippen LogP contribution >= 0.6 is 0 Å². The van der Waals surface area contributed by atoms with Crippen LogP contribution in [0.4, 0.5) is 0 Å². The van der Waals surface area contributed by atoms with Crippen LogP contribution in [0, 0.1) is 5.41 Å².